The largest absolute Gasteiger partial charge is 0.315 e. The van der Waals surface area contributed by atoms with Crippen LogP contribution in [0.3, 0.4) is 0 Å². The minimum absolute atomic E-state index is 0.943. The third-order valence-corrected chi connectivity index (χ3v) is 4.65. The zero-order chi connectivity index (χ0) is 15.5. The third kappa shape index (κ3) is 2.83. The quantitative estimate of drug-likeness (QED) is 0.627. The summed E-state index contributed by atoms with van der Waals surface area (Å²) in [6, 6.07) is 20.7. The molecule has 0 unspecified atom stereocenters. The molecule has 23 heavy (non-hydrogen) atoms. The van der Waals surface area contributed by atoms with E-state index in [1.165, 1.54) is 0 Å². The number of hydrogen-bond donors (Lipinski definition) is 0. The monoisotopic (exact) mass is 316 g/mol. The number of rotatable bonds is 3. The highest BCUT2D eigenvalue weighted by molar-refractivity contribution is 7.11. The number of allylic oxidation sites excluding steroid dienone is 2. The zero-order valence-corrected chi connectivity index (χ0v) is 13.4. The van der Waals surface area contributed by atoms with Gasteiger partial charge in [-0.1, -0.05) is 60.7 Å². The molecule has 1 aliphatic heterocycles. The maximum absolute atomic E-state index is 4.85. The molecule has 0 saturated carbocycles. The second-order valence-electron chi connectivity index (χ2n) is 5.32. The van der Waals surface area contributed by atoms with Crippen molar-refractivity contribution in [3.05, 3.63) is 89.4 Å². The fourth-order valence-electron chi connectivity index (χ4n) is 2.66. The maximum atomic E-state index is 4.85. The Morgan fingerprint density at radius 1 is 0.913 bits per heavy atom. The average molecular weight is 316 g/mol. The molecule has 2 heterocycles. The van der Waals surface area contributed by atoms with Crippen LogP contribution in [-0.2, 0) is 0 Å². The van der Waals surface area contributed by atoms with Gasteiger partial charge in [0.25, 0.3) is 0 Å². The predicted molar refractivity (Wildman–Crippen MR) is 98.2 cm³/mol. The molecule has 0 spiro atoms. The van der Waals surface area contributed by atoms with Gasteiger partial charge >= 0.3 is 0 Å². The molecule has 2 nitrogen and oxygen atoms in total. The Morgan fingerprint density at radius 3 is 2.43 bits per heavy atom. The van der Waals surface area contributed by atoms with E-state index in [-0.39, 0.29) is 0 Å². The van der Waals surface area contributed by atoms with E-state index in [0.717, 1.165) is 34.1 Å². The van der Waals surface area contributed by atoms with E-state index >= 15 is 0 Å². The summed E-state index contributed by atoms with van der Waals surface area (Å²) in [6.07, 6.45) is 7.48. The fraction of sp³-hybridized carbons (Fsp3) is 0.0500. The summed E-state index contributed by atoms with van der Waals surface area (Å²) < 4.78 is 0. The van der Waals surface area contributed by atoms with Gasteiger partial charge in [0.2, 0.25) is 0 Å². The molecule has 2 aromatic carbocycles. The maximum Gasteiger partial charge on any atom is 0.140 e. The van der Waals surface area contributed by atoms with Crippen molar-refractivity contribution in [1.29, 1.82) is 0 Å². The van der Waals surface area contributed by atoms with Crippen molar-refractivity contribution in [2.45, 2.75) is 6.42 Å². The van der Waals surface area contributed by atoms with Gasteiger partial charge in [0.15, 0.2) is 0 Å². The highest BCUT2D eigenvalue weighted by Crippen LogP contribution is 2.33. The van der Waals surface area contributed by atoms with E-state index in [4.69, 9.17) is 4.98 Å². The van der Waals surface area contributed by atoms with Gasteiger partial charge in [0.05, 0.1) is 11.4 Å². The molecule has 3 heteroatoms. The Morgan fingerprint density at radius 2 is 1.65 bits per heavy atom. The number of para-hydroxylation sites is 1. The van der Waals surface area contributed by atoms with Crippen molar-refractivity contribution < 1.29 is 0 Å². The molecule has 0 radical (unpaired) electrons. The molecule has 0 amide bonds. The lowest BCUT2D eigenvalue weighted by Crippen LogP contribution is -2.16. The summed E-state index contributed by atoms with van der Waals surface area (Å²) in [5.41, 5.74) is 4.51. The van der Waals surface area contributed by atoms with E-state index in [2.05, 4.69) is 65.0 Å². The van der Waals surface area contributed by atoms with Crippen molar-refractivity contribution in [3.63, 3.8) is 0 Å². The Bertz CT molecular complexity index is 848. The second-order valence-corrected chi connectivity index (χ2v) is 6.18. The van der Waals surface area contributed by atoms with E-state index in [9.17, 15) is 0 Å². The summed E-state index contributed by atoms with van der Waals surface area (Å²) in [6.45, 7) is 0. The Balaban J connectivity index is 1.69. The fourth-order valence-corrected chi connectivity index (χ4v) is 3.53. The minimum Gasteiger partial charge on any atom is -0.315 e. The van der Waals surface area contributed by atoms with Crippen molar-refractivity contribution in [1.82, 2.24) is 4.98 Å². The molecule has 3 aromatic rings. The second kappa shape index (κ2) is 6.23. The molecule has 0 bridgehead atoms. The number of aromatic nitrogens is 1. The predicted octanol–water partition coefficient (Wildman–Crippen LogP) is 5.58. The summed E-state index contributed by atoms with van der Waals surface area (Å²) in [5.74, 6) is 0. The van der Waals surface area contributed by atoms with Crippen LogP contribution in [0.25, 0.3) is 17.0 Å². The van der Waals surface area contributed by atoms with Gasteiger partial charge in [-0.3, -0.25) is 0 Å². The molecule has 0 N–H and O–H groups in total. The molecule has 4 rings (SSSR count). The van der Waals surface area contributed by atoms with Crippen molar-refractivity contribution in [2.24, 2.45) is 0 Å². The van der Waals surface area contributed by atoms with Gasteiger partial charge in [0.1, 0.15) is 5.01 Å². The number of thiazole rings is 1. The van der Waals surface area contributed by atoms with Crippen LogP contribution >= 0.6 is 11.3 Å². The smallest absolute Gasteiger partial charge is 0.140 e. The van der Waals surface area contributed by atoms with Crippen molar-refractivity contribution in [2.75, 3.05) is 4.90 Å². The van der Waals surface area contributed by atoms with Crippen LogP contribution < -0.4 is 4.90 Å². The van der Waals surface area contributed by atoms with Gasteiger partial charge in [-0.05, 0) is 18.6 Å². The molecule has 1 aliphatic rings. The Kier molecular flexibility index (Phi) is 3.78. The summed E-state index contributed by atoms with van der Waals surface area (Å²) in [5, 5.41) is 3.18. The van der Waals surface area contributed by atoms with Crippen LogP contribution in [-0.4, -0.2) is 4.98 Å². The van der Waals surface area contributed by atoms with Crippen molar-refractivity contribution >= 4 is 22.7 Å². The normalized spacial score (nSPS) is 13.9. The van der Waals surface area contributed by atoms with Gasteiger partial charge in [-0.25, -0.2) is 4.98 Å². The lowest BCUT2D eigenvalue weighted by Gasteiger charge is -2.24. The summed E-state index contributed by atoms with van der Waals surface area (Å²) in [4.78, 5) is 7.06. The number of nitrogens with zero attached hydrogens (tertiary/aromatic N) is 2. The first kappa shape index (κ1) is 14.0. The molecule has 0 fully saturated rings. The molecule has 1 aromatic heterocycles. The highest BCUT2D eigenvalue weighted by Gasteiger charge is 2.17. The lowest BCUT2D eigenvalue weighted by atomic mass is 10.2. The van der Waals surface area contributed by atoms with Crippen LogP contribution in [0.2, 0.25) is 0 Å². The van der Waals surface area contributed by atoms with Crippen LogP contribution in [0.1, 0.15) is 11.4 Å². The number of hydrogen-bond acceptors (Lipinski definition) is 3. The molecule has 112 valence electrons. The minimum atomic E-state index is 0.943. The molecule has 0 atom stereocenters. The first-order valence-corrected chi connectivity index (χ1v) is 8.52. The molecule has 0 aliphatic carbocycles. The van der Waals surface area contributed by atoms with Crippen molar-refractivity contribution in [3.8, 4) is 11.3 Å². The van der Waals surface area contributed by atoms with E-state index in [0.29, 0.717) is 0 Å². The van der Waals surface area contributed by atoms with Gasteiger partial charge in [-0.15, -0.1) is 11.3 Å². The van der Waals surface area contributed by atoms with E-state index in [1.54, 1.807) is 11.3 Å². The van der Waals surface area contributed by atoms with Gasteiger partial charge in [0, 0.05) is 22.8 Å². The topological polar surface area (TPSA) is 16.1 Å². The van der Waals surface area contributed by atoms with E-state index in [1.807, 2.05) is 24.3 Å². The summed E-state index contributed by atoms with van der Waals surface area (Å²) >= 11 is 1.69. The van der Waals surface area contributed by atoms with Crippen LogP contribution in [0.5, 0.6) is 0 Å². The molecule has 0 saturated heterocycles. The molecular weight excluding hydrogens is 300 g/mol. The Hall–Kier alpha value is -2.65. The van der Waals surface area contributed by atoms with Crippen LogP contribution in [0.4, 0.5) is 5.69 Å². The highest BCUT2D eigenvalue weighted by atomic mass is 32.1. The number of benzene rings is 2. The average Bonchev–Trinajstić information content (AvgIpc) is 3.13. The first-order chi connectivity index (χ1) is 11.4. The third-order valence-electron chi connectivity index (χ3n) is 3.79. The van der Waals surface area contributed by atoms with Crippen LogP contribution in [0, 0.1) is 0 Å². The zero-order valence-electron chi connectivity index (χ0n) is 12.6. The van der Waals surface area contributed by atoms with Gasteiger partial charge in [-0.2, -0.15) is 0 Å². The van der Waals surface area contributed by atoms with Crippen LogP contribution in [0.15, 0.2) is 84.4 Å². The standard InChI is InChI=1S/C20H16N2S/c1-3-9-16(10-4-1)18-15-23-20(21-18)19-13-7-8-14-22(19)17-11-5-2-6-12-17/h1-6,8-15H,7H2. The van der Waals surface area contributed by atoms with E-state index < -0.39 is 0 Å². The first-order valence-electron chi connectivity index (χ1n) is 7.64. The number of anilines is 1. The molecular formula is C20H16N2S. The Labute approximate surface area is 140 Å². The lowest BCUT2D eigenvalue weighted by molar-refractivity contribution is 1.18. The SMILES string of the molecule is C1=CN(c2ccccc2)C(c2nc(-c3ccccc3)cs2)=CC1. The summed E-state index contributed by atoms with van der Waals surface area (Å²) in [7, 11) is 0. The van der Waals surface area contributed by atoms with Gasteiger partial charge < -0.3 is 4.90 Å².